The molecule has 0 N–H and O–H groups in total. The number of amides is 1. The number of rotatable bonds is 7. The zero-order valence-electron chi connectivity index (χ0n) is 18.0. The van der Waals surface area contributed by atoms with Crippen LogP contribution in [0.3, 0.4) is 0 Å². The Hall–Kier alpha value is -4.21. The minimum atomic E-state index is -0.562. The normalized spacial score (nSPS) is 15.3. The summed E-state index contributed by atoms with van der Waals surface area (Å²) in [6, 6.07) is 14.5. The summed E-state index contributed by atoms with van der Waals surface area (Å²) < 4.78 is 25.4. The Labute approximate surface area is 189 Å². The largest absolute Gasteiger partial charge is 0.454 e. The second kappa shape index (κ2) is 9.11. The molecule has 0 bridgehead atoms. The number of aromatic nitrogens is 1. The Balaban J connectivity index is 1.42. The second-order valence-corrected chi connectivity index (χ2v) is 7.60. The van der Waals surface area contributed by atoms with Crippen LogP contribution in [0.2, 0.25) is 0 Å². The highest BCUT2D eigenvalue weighted by atomic mass is 19.1. The zero-order valence-corrected chi connectivity index (χ0v) is 18.0. The van der Waals surface area contributed by atoms with Gasteiger partial charge in [0.15, 0.2) is 11.6 Å². The van der Waals surface area contributed by atoms with Crippen molar-refractivity contribution >= 4 is 23.3 Å². The molecule has 0 spiro atoms. The number of anilines is 2. The molecule has 1 unspecified atom stereocenters. The van der Waals surface area contributed by atoms with Gasteiger partial charge in [-0.05, 0) is 42.3 Å². The minimum Gasteiger partial charge on any atom is -0.454 e. The summed E-state index contributed by atoms with van der Waals surface area (Å²) in [6.07, 6.45) is 1.47. The molecule has 0 radical (unpaired) electrons. The van der Waals surface area contributed by atoms with Crippen molar-refractivity contribution in [2.24, 2.45) is 0 Å². The fraction of sp³-hybridized carbons (Fsp3) is 0.217. The molecule has 4 rings (SSSR count). The van der Waals surface area contributed by atoms with E-state index >= 15 is 0 Å². The highest BCUT2D eigenvalue weighted by molar-refractivity contribution is 5.69. The van der Waals surface area contributed by atoms with Gasteiger partial charge in [0.25, 0.3) is 5.69 Å². The second-order valence-electron chi connectivity index (χ2n) is 7.60. The molecule has 1 aliphatic heterocycles. The summed E-state index contributed by atoms with van der Waals surface area (Å²) >= 11 is 0. The van der Waals surface area contributed by atoms with Gasteiger partial charge in [0.1, 0.15) is 24.4 Å². The van der Waals surface area contributed by atoms with Gasteiger partial charge in [0.05, 0.1) is 11.0 Å². The van der Waals surface area contributed by atoms with E-state index in [0.29, 0.717) is 30.3 Å². The van der Waals surface area contributed by atoms with Gasteiger partial charge in [0, 0.05) is 31.9 Å². The summed E-state index contributed by atoms with van der Waals surface area (Å²) in [4.78, 5) is 28.9. The first-order chi connectivity index (χ1) is 15.8. The summed E-state index contributed by atoms with van der Waals surface area (Å²) in [6.45, 7) is 0.356. The molecule has 1 aliphatic rings. The molecular weight excluding hydrogens is 431 g/mol. The summed E-state index contributed by atoms with van der Waals surface area (Å²) in [5.41, 5.74) is 1.39. The molecular formula is C23H21FN4O5. The van der Waals surface area contributed by atoms with Crippen LogP contribution in [0.25, 0.3) is 0 Å². The van der Waals surface area contributed by atoms with E-state index in [1.165, 1.54) is 24.3 Å². The molecule has 0 saturated carbocycles. The molecule has 3 aromatic rings. The van der Waals surface area contributed by atoms with Crippen molar-refractivity contribution in [1.29, 1.82) is 0 Å². The number of nitro groups is 1. The molecule has 170 valence electrons. The molecule has 33 heavy (non-hydrogen) atoms. The highest BCUT2D eigenvalue weighted by Crippen LogP contribution is 2.30. The van der Waals surface area contributed by atoms with Crippen LogP contribution in [0.15, 0.2) is 60.8 Å². The molecule has 2 heterocycles. The smallest absolute Gasteiger partial charge is 0.409 e. The van der Waals surface area contributed by atoms with Crippen molar-refractivity contribution in [2.75, 3.05) is 25.6 Å². The fourth-order valence-corrected chi connectivity index (χ4v) is 3.42. The number of ether oxygens (including phenoxy) is 2. The molecule has 1 fully saturated rings. The van der Waals surface area contributed by atoms with Crippen molar-refractivity contribution in [2.45, 2.75) is 12.5 Å². The van der Waals surface area contributed by atoms with Crippen molar-refractivity contribution in [1.82, 2.24) is 9.88 Å². The third-order valence-corrected chi connectivity index (χ3v) is 5.45. The number of carbonyl (C=O) groups excluding carboxylic acids is 1. The Morgan fingerprint density at radius 3 is 2.58 bits per heavy atom. The quantitative estimate of drug-likeness (QED) is 0.379. The molecule has 1 aromatic heterocycles. The first kappa shape index (κ1) is 22.0. The predicted molar refractivity (Wildman–Crippen MR) is 118 cm³/mol. The summed E-state index contributed by atoms with van der Waals surface area (Å²) in [5, 5.41) is 10.8. The van der Waals surface area contributed by atoms with Crippen LogP contribution in [0, 0.1) is 15.9 Å². The first-order valence-electron chi connectivity index (χ1n) is 10.1. The van der Waals surface area contributed by atoms with Gasteiger partial charge in [-0.3, -0.25) is 10.1 Å². The van der Waals surface area contributed by atoms with Crippen LogP contribution < -0.4 is 9.64 Å². The van der Waals surface area contributed by atoms with Gasteiger partial charge >= 0.3 is 6.09 Å². The van der Waals surface area contributed by atoms with E-state index in [9.17, 15) is 19.3 Å². The number of nitrogens with zero attached hydrogens (tertiary/aromatic N) is 4. The maximum atomic E-state index is 14.7. The lowest BCUT2D eigenvalue weighted by atomic mass is 10.1. The number of halogens is 1. The van der Waals surface area contributed by atoms with Crippen molar-refractivity contribution in [3.05, 3.63) is 82.3 Å². The van der Waals surface area contributed by atoms with E-state index in [1.807, 2.05) is 12.1 Å². The Morgan fingerprint density at radius 1 is 1.24 bits per heavy atom. The van der Waals surface area contributed by atoms with Gasteiger partial charge in [-0.15, -0.1) is 0 Å². The number of benzene rings is 2. The van der Waals surface area contributed by atoms with Crippen LogP contribution in [0.1, 0.15) is 5.56 Å². The highest BCUT2D eigenvalue weighted by Gasteiger charge is 2.29. The van der Waals surface area contributed by atoms with E-state index in [4.69, 9.17) is 9.47 Å². The number of hydrogen-bond acceptors (Lipinski definition) is 7. The maximum absolute atomic E-state index is 14.7. The Bertz CT molecular complexity index is 1170. The summed E-state index contributed by atoms with van der Waals surface area (Å²) in [5.74, 6) is 0.409. The van der Waals surface area contributed by atoms with Gasteiger partial charge < -0.3 is 19.3 Å². The first-order valence-corrected chi connectivity index (χ1v) is 10.1. The fourth-order valence-electron chi connectivity index (χ4n) is 3.42. The van der Waals surface area contributed by atoms with E-state index < -0.39 is 10.7 Å². The summed E-state index contributed by atoms with van der Waals surface area (Å²) in [7, 11) is 3.39. The van der Waals surface area contributed by atoms with Crippen molar-refractivity contribution in [3.63, 3.8) is 0 Å². The van der Waals surface area contributed by atoms with Crippen LogP contribution in [0.4, 0.5) is 26.4 Å². The lowest BCUT2D eigenvalue weighted by Gasteiger charge is -2.19. The lowest BCUT2D eigenvalue weighted by Crippen LogP contribution is -2.30. The third-order valence-electron chi connectivity index (χ3n) is 5.45. The number of cyclic esters (lactones) is 1. The van der Waals surface area contributed by atoms with Gasteiger partial charge in [0.2, 0.25) is 0 Å². The molecule has 0 aliphatic carbocycles. The molecule has 9 nitrogen and oxygen atoms in total. The minimum absolute atomic E-state index is 0.0171. The average molecular weight is 452 g/mol. The molecule has 1 saturated heterocycles. The SMILES string of the molecule is CN(c1ccc(Oc2ccc(CC3COC(=O)N3C)cc2)c(F)c1)c1ccc([N+](=O)[O-])cn1. The molecule has 1 amide bonds. The van der Waals surface area contributed by atoms with Crippen LogP contribution in [-0.4, -0.2) is 47.6 Å². The number of likely N-dealkylation sites (N-methyl/N-ethyl adjacent to an activating group) is 1. The van der Waals surface area contributed by atoms with Crippen molar-refractivity contribution in [3.8, 4) is 11.5 Å². The monoisotopic (exact) mass is 452 g/mol. The maximum Gasteiger partial charge on any atom is 0.409 e. The number of pyridine rings is 1. The van der Waals surface area contributed by atoms with Crippen molar-refractivity contribution < 1.29 is 23.6 Å². The zero-order chi connectivity index (χ0) is 23.5. The van der Waals surface area contributed by atoms with E-state index in [-0.39, 0.29) is 23.6 Å². The van der Waals surface area contributed by atoms with Crippen LogP contribution >= 0.6 is 0 Å². The van der Waals surface area contributed by atoms with Crippen LogP contribution in [0.5, 0.6) is 11.5 Å². The van der Waals surface area contributed by atoms with E-state index in [0.717, 1.165) is 11.8 Å². The number of hydrogen-bond donors (Lipinski definition) is 0. The van der Waals surface area contributed by atoms with Gasteiger partial charge in [-0.25, -0.2) is 14.2 Å². The Kier molecular flexibility index (Phi) is 6.07. The van der Waals surface area contributed by atoms with Gasteiger partial charge in [-0.1, -0.05) is 12.1 Å². The predicted octanol–water partition coefficient (Wildman–Crippen LogP) is 4.68. The van der Waals surface area contributed by atoms with E-state index in [2.05, 4.69) is 4.98 Å². The topological polar surface area (TPSA) is 98.0 Å². The van der Waals surface area contributed by atoms with Crippen LogP contribution in [-0.2, 0) is 11.2 Å². The number of carbonyl (C=O) groups is 1. The molecule has 1 atom stereocenters. The standard InChI is InChI=1S/C23H21FN4O5/c1-26(22-10-6-17(13-25-22)28(30)31)16-5-9-21(20(24)12-16)33-19-7-3-15(4-8-19)11-18-14-32-23(29)27(18)2/h3-10,12-13,18H,11,14H2,1-2H3. The lowest BCUT2D eigenvalue weighted by molar-refractivity contribution is -0.385. The molecule has 10 heteroatoms. The third kappa shape index (κ3) is 4.84. The Morgan fingerprint density at radius 2 is 2.00 bits per heavy atom. The average Bonchev–Trinajstić information content (AvgIpc) is 3.13. The molecule has 2 aromatic carbocycles. The van der Waals surface area contributed by atoms with Gasteiger partial charge in [-0.2, -0.15) is 0 Å². The van der Waals surface area contributed by atoms with E-state index in [1.54, 1.807) is 42.1 Å².